The molecule has 0 aliphatic carbocycles. The van der Waals surface area contributed by atoms with Crippen molar-refractivity contribution in [3.63, 3.8) is 0 Å². The Kier molecular flexibility index (Phi) is 4.50. The van der Waals surface area contributed by atoms with Gasteiger partial charge >= 0.3 is 5.97 Å². The van der Waals surface area contributed by atoms with Crippen molar-refractivity contribution in [3.05, 3.63) is 83.4 Å². The van der Waals surface area contributed by atoms with Crippen molar-refractivity contribution < 1.29 is 19.1 Å². The number of ketones is 1. The zero-order valence-corrected chi connectivity index (χ0v) is 16.0. The summed E-state index contributed by atoms with van der Waals surface area (Å²) in [5.41, 5.74) is 0.906. The van der Waals surface area contributed by atoms with Crippen LogP contribution in [0.5, 0.6) is 0 Å². The van der Waals surface area contributed by atoms with E-state index in [0.717, 1.165) is 5.56 Å². The molecular formula is C22H19N3O4. The zero-order valence-electron chi connectivity index (χ0n) is 16.0. The second kappa shape index (κ2) is 7.01. The van der Waals surface area contributed by atoms with Gasteiger partial charge in [0.25, 0.3) is 5.91 Å². The van der Waals surface area contributed by atoms with E-state index >= 15 is 0 Å². The first-order valence-corrected chi connectivity index (χ1v) is 9.12. The second-order valence-electron chi connectivity index (χ2n) is 7.18. The number of esters is 1. The second-order valence-corrected chi connectivity index (χ2v) is 7.18. The van der Waals surface area contributed by atoms with Gasteiger partial charge in [-0.15, -0.1) is 0 Å². The number of imidazole rings is 1. The van der Waals surface area contributed by atoms with Crippen LogP contribution in [0.2, 0.25) is 0 Å². The number of aryl methyl sites for hydroxylation is 1. The number of hydrogen-bond acceptors (Lipinski definition) is 5. The van der Waals surface area contributed by atoms with E-state index in [2.05, 4.69) is 10.3 Å². The van der Waals surface area contributed by atoms with Crippen molar-refractivity contribution in [2.75, 3.05) is 5.32 Å². The minimum absolute atomic E-state index is 0.208. The van der Waals surface area contributed by atoms with Crippen molar-refractivity contribution in [3.8, 4) is 0 Å². The van der Waals surface area contributed by atoms with Crippen LogP contribution in [0.1, 0.15) is 39.0 Å². The van der Waals surface area contributed by atoms with E-state index in [1.54, 1.807) is 67.3 Å². The summed E-state index contributed by atoms with van der Waals surface area (Å²) >= 11 is 0. The number of ether oxygens (including phenoxy) is 1. The van der Waals surface area contributed by atoms with Gasteiger partial charge in [0.05, 0.1) is 5.56 Å². The van der Waals surface area contributed by atoms with E-state index in [1.165, 1.54) is 0 Å². The molecule has 0 saturated heterocycles. The summed E-state index contributed by atoms with van der Waals surface area (Å²) in [6.07, 6.45) is 3.55. The van der Waals surface area contributed by atoms with Gasteiger partial charge in [-0.3, -0.25) is 9.59 Å². The number of fused-ring (bicyclic) bond motifs is 1. The summed E-state index contributed by atoms with van der Waals surface area (Å²) in [5.74, 6) is -0.814. The first kappa shape index (κ1) is 18.6. The molecule has 3 aromatic rings. The molecule has 1 N–H and O–H groups in total. The lowest BCUT2D eigenvalue weighted by Crippen LogP contribution is -2.48. The number of anilines is 1. The predicted octanol–water partition coefficient (Wildman–Crippen LogP) is 2.76. The lowest BCUT2D eigenvalue weighted by molar-refractivity contribution is -0.134. The van der Waals surface area contributed by atoms with Crippen molar-refractivity contribution >= 4 is 23.3 Å². The Bertz CT molecular complexity index is 1120. The van der Waals surface area contributed by atoms with E-state index in [-0.39, 0.29) is 12.2 Å². The number of aromatic nitrogens is 2. The summed E-state index contributed by atoms with van der Waals surface area (Å²) < 4.78 is 7.09. The van der Waals surface area contributed by atoms with Gasteiger partial charge in [0, 0.05) is 37.1 Å². The maximum atomic E-state index is 12.8. The van der Waals surface area contributed by atoms with Gasteiger partial charge in [0.2, 0.25) is 5.78 Å². The molecule has 1 aliphatic heterocycles. The van der Waals surface area contributed by atoms with Crippen LogP contribution >= 0.6 is 0 Å². The molecule has 4 rings (SSSR count). The first-order chi connectivity index (χ1) is 13.9. The predicted molar refractivity (Wildman–Crippen MR) is 106 cm³/mol. The molecule has 1 aromatic heterocycles. The maximum absolute atomic E-state index is 12.8. The van der Waals surface area contributed by atoms with E-state index < -0.39 is 17.5 Å². The van der Waals surface area contributed by atoms with E-state index in [1.807, 2.05) is 12.1 Å². The van der Waals surface area contributed by atoms with E-state index in [0.29, 0.717) is 22.6 Å². The summed E-state index contributed by atoms with van der Waals surface area (Å²) in [6.45, 7) is 1.59. The molecule has 1 unspecified atom stereocenters. The van der Waals surface area contributed by atoms with Gasteiger partial charge < -0.3 is 14.6 Å². The normalized spacial score (nSPS) is 17.9. The lowest BCUT2D eigenvalue weighted by Gasteiger charge is -2.33. The molecular weight excluding hydrogens is 370 g/mol. The number of hydrogen-bond donors (Lipinski definition) is 1. The van der Waals surface area contributed by atoms with Gasteiger partial charge in [-0.25, -0.2) is 9.78 Å². The quantitative estimate of drug-likeness (QED) is 0.547. The lowest BCUT2D eigenvalue weighted by atomic mass is 9.89. The molecule has 1 aliphatic rings. The highest BCUT2D eigenvalue weighted by molar-refractivity contribution is 6.07. The number of benzene rings is 2. The molecule has 146 valence electrons. The summed E-state index contributed by atoms with van der Waals surface area (Å²) in [4.78, 5) is 41.6. The van der Waals surface area contributed by atoms with Gasteiger partial charge in [-0.1, -0.05) is 18.2 Å². The fourth-order valence-corrected chi connectivity index (χ4v) is 3.34. The number of cyclic esters (lactones) is 1. The van der Waals surface area contributed by atoms with Crippen molar-refractivity contribution in [1.82, 2.24) is 9.55 Å². The Morgan fingerprint density at radius 1 is 1.14 bits per heavy atom. The van der Waals surface area contributed by atoms with Crippen molar-refractivity contribution in [2.24, 2.45) is 7.05 Å². The number of carbonyl (C=O) groups excluding carboxylic acids is 3. The monoisotopic (exact) mass is 389 g/mol. The largest absolute Gasteiger partial charge is 0.445 e. The molecule has 7 nitrogen and oxygen atoms in total. The van der Waals surface area contributed by atoms with Crippen LogP contribution in [0.15, 0.2) is 60.9 Å². The number of carbonyl (C=O) groups is 3. The van der Waals surface area contributed by atoms with Crippen LogP contribution in [0.25, 0.3) is 0 Å². The molecule has 0 bridgehead atoms. The molecule has 1 atom stereocenters. The first-order valence-electron chi connectivity index (χ1n) is 9.12. The molecule has 2 aromatic carbocycles. The average molecular weight is 389 g/mol. The van der Waals surface area contributed by atoms with Crippen LogP contribution in [0.4, 0.5) is 5.69 Å². The fraction of sp³-hybridized carbons (Fsp3) is 0.182. The Morgan fingerprint density at radius 2 is 1.86 bits per heavy atom. The molecule has 29 heavy (non-hydrogen) atoms. The number of amides is 1. The topological polar surface area (TPSA) is 90.3 Å². The molecule has 1 amide bonds. The van der Waals surface area contributed by atoms with Crippen molar-refractivity contribution in [2.45, 2.75) is 18.9 Å². The minimum atomic E-state index is -1.31. The minimum Gasteiger partial charge on any atom is -0.445 e. The number of nitrogens with one attached hydrogen (secondary N) is 1. The third-order valence-corrected chi connectivity index (χ3v) is 4.99. The Labute approximate surface area is 167 Å². The van der Waals surface area contributed by atoms with Crippen LogP contribution in [-0.4, -0.2) is 32.8 Å². The van der Waals surface area contributed by atoms with Gasteiger partial charge in [0.15, 0.2) is 11.4 Å². The Hall–Kier alpha value is -3.74. The SMILES string of the molecule is Cn1ccnc1C(=O)c1ccc(NC(=O)C2(C)Cc3ccccc3C(=O)O2)cc1. The highest BCUT2D eigenvalue weighted by atomic mass is 16.6. The number of rotatable bonds is 4. The van der Waals surface area contributed by atoms with Gasteiger partial charge in [0.1, 0.15) is 0 Å². The van der Waals surface area contributed by atoms with Crippen LogP contribution in [0.3, 0.4) is 0 Å². The summed E-state index contributed by atoms with van der Waals surface area (Å²) in [5, 5.41) is 2.77. The molecule has 0 spiro atoms. The van der Waals surface area contributed by atoms with Crippen LogP contribution < -0.4 is 5.32 Å². The van der Waals surface area contributed by atoms with E-state index in [9.17, 15) is 14.4 Å². The van der Waals surface area contributed by atoms with Gasteiger partial charge in [-0.05, 0) is 42.8 Å². The van der Waals surface area contributed by atoms with E-state index in [4.69, 9.17) is 4.74 Å². The fourth-order valence-electron chi connectivity index (χ4n) is 3.34. The third-order valence-electron chi connectivity index (χ3n) is 4.99. The highest BCUT2D eigenvalue weighted by Crippen LogP contribution is 2.29. The standard InChI is InChI=1S/C22H19N3O4/c1-22(13-15-5-3-4-6-17(15)20(27)29-22)21(28)24-16-9-7-14(8-10-16)18(26)19-23-11-12-25(19)2/h3-12H,13H2,1-2H3,(H,24,28). The van der Waals surface area contributed by atoms with Crippen LogP contribution in [0, 0.1) is 0 Å². The Morgan fingerprint density at radius 3 is 2.55 bits per heavy atom. The highest BCUT2D eigenvalue weighted by Gasteiger charge is 2.42. The van der Waals surface area contributed by atoms with Crippen LogP contribution in [-0.2, 0) is 23.0 Å². The zero-order chi connectivity index (χ0) is 20.6. The van der Waals surface area contributed by atoms with Crippen molar-refractivity contribution in [1.29, 1.82) is 0 Å². The molecule has 0 saturated carbocycles. The number of nitrogens with zero attached hydrogens (tertiary/aromatic N) is 2. The third kappa shape index (κ3) is 3.42. The summed E-state index contributed by atoms with van der Waals surface area (Å²) in [6, 6.07) is 13.6. The molecule has 0 radical (unpaired) electrons. The van der Waals surface area contributed by atoms with Gasteiger partial charge in [-0.2, -0.15) is 0 Å². The average Bonchev–Trinajstić information content (AvgIpc) is 3.14. The summed E-state index contributed by atoms with van der Waals surface area (Å²) in [7, 11) is 1.75. The smallest absolute Gasteiger partial charge is 0.339 e. The molecule has 2 heterocycles. The molecule has 7 heteroatoms. The maximum Gasteiger partial charge on any atom is 0.339 e. The Balaban J connectivity index is 1.50. The molecule has 0 fully saturated rings.